The number of hydrogen-bond acceptors (Lipinski definition) is 3. The molecule has 100 valence electrons. The fourth-order valence-electron chi connectivity index (χ4n) is 2.69. The van der Waals surface area contributed by atoms with Crippen LogP contribution in [0.2, 0.25) is 0 Å². The average molecular weight is 241 g/mol. The van der Waals surface area contributed by atoms with Gasteiger partial charge in [0.25, 0.3) is 0 Å². The van der Waals surface area contributed by atoms with E-state index in [0.717, 1.165) is 12.3 Å². The second-order valence-electron chi connectivity index (χ2n) is 5.02. The van der Waals surface area contributed by atoms with Crippen molar-refractivity contribution in [1.82, 2.24) is 5.32 Å². The summed E-state index contributed by atoms with van der Waals surface area (Å²) in [5, 5.41) is 3.48. The Morgan fingerprint density at radius 2 is 2.12 bits per heavy atom. The number of ether oxygens (including phenoxy) is 1. The highest BCUT2D eigenvalue weighted by molar-refractivity contribution is 5.75. The van der Waals surface area contributed by atoms with Crippen molar-refractivity contribution in [3.63, 3.8) is 0 Å². The molecule has 0 aliphatic heterocycles. The van der Waals surface area contributed by atoms with Gasteiger partial charge < -0.3 is 10.1 Å². The molecule has 0 radical (unpaired) electrons. The number of carbonyl (C=O) groups excluding carboxylic acids is 1. The van der Waals surface area contributed by atoms with Crippen LogP contribution in [0.3, 0.4) is 0 Å². The standard InChI is InChI=1S/C14H27NO2/c1-4-11-8-7-9-12(10-11)15-13(5-2)14(16)17-6-3/h11-13,15H,4-10H2,1-3H3. The summed E-state index contributed by atoms with van der Waals surface area (Å²) in [6.07, 6.45) is 7.12. The fraction of sp³-hybridized carbons (Fsp3) is 0.929. The lowest BCUT2D eigenvalue weighted by Crippen LogP contribution is -2.45. The van der Waals surface area contributed by atoms with Crippen molar-refractivity contribution in [3.05, 3.63) is 0 Å². The van der Waals surface area contributed by atoms with Crippen molar-refractivity contribution in [1.29, 1.82) is 0 Å². The molecule has 0 amide bonds. The molecule has 0 saturated heterocycles. The molecule has 1 aliphatic rings. The molecule has 3 nitrogen and oxygen atoms in total. The van der Waals surface area contributed by atoms with Crippen LogP contribution in [0.5, 0.6) is 0 Å². The summed E-state index contributed by atoms with van der Waals surface area (Å²) < 4.78 is 5.09. The maximum atomic E-state index is 11.7. The summed E-state index contributed by atoms with van der Waals surface area (Å²) in [5.41, 5.74) is 0. The van der Waals surface area contributed by atoms with E-state index in [-0.39, 0.29) is 12.0 Å². The molecule has 0 aromatic heterocycles. The summed E-state index contributed by atoms with van der Waals surface area (Å²) in [7, 11) is 0. The summed E-state index contributed by atoms with van der Waals surface area (Å²) in [4.78, 5) is 11.7. The van der Waals surface area contributed by atoms with Gasteiger partial charge in [0.15, 0.2) is 0 Å². The van der Waals surface area contributed by atoms with Gasteiger partial charge in [0.1, 0.15) is 6.04 Å². The summed E-state index contributed by atoms with van der Waals surface area (Å²) in [6, 6.07) is 0.388. The quantitative estimate of drug-likeness (QED) is 0.727. The smallest absolute Gasteiger partial charge is 0.323 e. The minimum atomic E-state index is -0.115. The number of hydrogen-bond donors (Lipinski definition) is 1. The Kier molecular flexibility index (Phi) is 6.56. The first-order valence-corrected chi connectivity index (χ1v) is 7.13. The maximum Gasteiger partial charge on any atom is 0.323 e. The third-order valence-corrected chi connectivity index (χ3v) is 3.78. The molecule has 0 aromatic carbocycles. The van der Waals surface area contributed by atoms with Gasteiger partial charge in [0, 0.05) is 6.04 Å². The molecule has 1 aliphatic carbocycles. The normalized spacial score (nSPS) is 26.5. The number of nitrogens with one attached hydrogen (secondary N) is 1. The lowest BCUT2D eigenvalue weighted by Gasteiger charge is -2.31. The Labute approximate surface area is 105 Å². The van der Waals surface area contributed by atoms with Crippen LogP contribution in [0, 0.1) is 5.92 Å². The molecule has 1 fully saturated rings. The van der Waals surface area contributed by atoms with Gasteiger partial charge in [-0.1, -0.05) is 33.1 Å². The molecule has 3 atom stereocenters. The van der Waals surface area contributed by atoms with Crippen LogP contribution in [-0.2, 0) is 9.53 Å². The van der Waals surface area contributed by atoms with E-state index in [0.29, 0.717) is 12.6 Å². The Bertz CT molecular complexity index is 230. The molecule has 1 N–H and O–H groups in total. The van der Waals surface area contributed by atoms with E-state index in [1.54, 1.807) is 0 Å². The van der Waals surface area contributed by atoms with Crippen molar-refractivity contribution >= 4 is 5.97 Å². The molecule has 3 unspecified atom stereocenters. The number of carbonyl (C=O) groups is 1. The zero-order chi connectivity index (χ0) is 12.7. The van der Waals surface area contributed by atoms with Crippen molar-refractivity contribution in [2.75, 3.05) is 6.61 Å². The molecular weight excluding hydrogens is 214 g/mol. The van der Waals surface area contributed by atoms with E-state index < -0.39 is 0 Å². The molecule has 0 bridgehead atoms. The van der Waals surface area contributed by atoms with Gasteiger partial charge in [0.05, 0.1) is 6.61 Å². The van der Waals surface area contributed by atoms with Crippen LogP contribution >= 0.6 is 0 Å². The first-order chi connectivity index (χ1) is 8.21. The van der Waals surface area contributed by atoms with Gasteiger partial charge in [-0.2, -0.15) is 0 Å². The van der Waals surface area contributed by atoms with Gasteiger partial charge >= 0.3 is 5.97 Å². The predicted molar refractivity (Wildman–Crippen MR) is 69.9 cm³/mol. The van der Waals surface area contributed by atoms with E-state index in [2.05, 4.69) is 12.2 Å². The van der Waals surface area contributed by atoms with Gasteiger partial charge in [-0.15, -0.1) is 0 Å². The summed E-state index contributed by atoms with van der Waals surface area (Å²) in [5.74, 6) is 0.745. The second-order valence-corrected chi connectivity index (χ2v) is 5.02. The van der Waals surface area contributed by atoms with Crippen molar-refractivity contribution < 1.29 is 9.53 Å². The van der Waals surface area contributed by atoms with E-state index in [1.165, 1.54) is 32.1 Å². The molecule has 1 rings (SSSR count). The molecule has 3 heteroatoms. The first kappa shape index (κ1) is 14.5. The Morgan fingerprint density at radius 1 is 1.35 bits per heavy atom. The fourth-order valence-corrected chi connectivity index (χ4v) is 2.69. The molecule has 0 spiro atoms. The molecule has 1 saturated carbocycles. The molecule has 0 aromatic rings. The average Bonchev–Trinajstić information content (AvgIpc) is 2.36. The van der Waals surface area contributed by atoms with Crippen LogP contribution in [-0.4, -0.2) is 24.7 Å². The SMILES string of the molecule is CCOC(=O)C(CC)NC1CCCC(CC)C1. The largest absolute Gasteiger partial charge is 0.465 e. The highest BCUT2D eigenvalue weighted by atomic mass is 16.5. The zero-order valence-corrected chi connectivity index (χ0v) is 11.5. The van der Waals surface area contributed by atoms with E-state index in [9.17, 15) is 4.79 Å². The highest BCUT2D eigenvalue weighted by Crippen LogP contribution is 2.26. The predicted octanol–water partition coefficient (Wildman–Crippen LogP) is 2.89. The number of rotatable bonds is 6. The topological polar surface area (TPSA) is 38.3 Å². The van der Waals surface area contributed by atoms with Crippen LogP contribution in [0.25, 0.3) is 0 Å². The third-order valence-electron chi connectivity index (χ3n) is 3.78. The van der Waals surface area contributed by atoms with E-state index in [1.807, 2.05) is 13.8 Å². The first-order valence-electron chi connectivity index (χ1n) is 7.13. The second kappa shape index (κ2) is 7.70. The summed E-state index contributed by atoms with van der Waals surface area (Å²) >= 11 is 0. The van der Waals surface area contributed by atoms with Crippen LogP contribution < -0.4 is 5.32 Å². The molecule has 17 heavy (non-hydrogen) atoms. The van der Waals surface area contributed by atoms with Crippen LogP contribution in [0.15, 0.2) is 0 Å². The monoisotopic (exact) mass is 241 g/mol. The summed E-state index contributed by atoms with van der Waals surface area (Å²) in [6.45, 7) is 6.63. The lowest BCUT2D eigenvalue weighted by atomic mass is 9.84. The molecular formula is C14H27NO2. The van der Waals surface area contributed by atoms with Crippen LogP contribution in [0.1, 0.15) is 59.3 Å². The van der Waals surface area contributed by atoms with E-state index >= 15 is 0 Å². The van der Waals surface area contributed by atoms with Crippen molar-refractivity contribution in [2.24, 2.45) is 5.92 Å². The minimum absolute atomic E-state index is 0.0892. The van der Waals surface area contributed by atoms with Gasteiger partial charge in [-0.3, -0.25) is 4.79 Å². The van der Waals surface area contributed by atoms with Crippen LogP contribution in [0.4, 0.5) is 0 Å². The minimum Gasteiger partial charge on any atom is -0.465 e. The Hall–Kier alpha value is -0.570. The Morgan fingerprint density at radius 3 is 2.71 bits per heavy atom. The number of esters is 1. The highest BCUT2D eigenvalue weighted by Gasteiger charge is 2.25. The van der Waals surface area contributed by atoms with Crippen molar-refractivity contribution in [3.8, 4) is 0 Å². The van der Waals surface area contributed by atoms with E-state index in [4.69, 9.17) is 4.74 Å². The zero-order valence-electron chi connectivity index (χ0n) is 11.5. The van der Waals surface area contributed by atoms with Gasteiger partial charge in [-0.05, 0) is 32.1 Å². The Balaban J connectivity index is 2.41. The van der Waals surface area contributed by atoms with Gasteiger partial charge in [0.2, 0.25) is 0 Å². The van der Waals surface area contributed by atoms with Crippen molar-refractivity contribution in [2.45, 2.75) is 71.4 Å². The molecule has 0 heterocycles. The maximum absolute atomic E-state index is 11.7. The lowest BCUT2D eigenvalue weighted by molar-refractivity contribution is -0.146. The van der Waals surface area contributed by atoms with Gasteiger partial charge in [-0.25, -0.2) is 0 Å². The third kappa shape index (κ3) is 4.66.